The third kappa shape index (κ3) is 3.86. The van der Waals surface area contributed by atoms with Crippen LogP contribution in [0, 0.1) is 6.92 Å². The second kappa shape index (κ2) is 8.52. The minimum atomic E-state index is -0.157. The quantitative estimate of drug-likeness (QED) is 0.338. The van der Waals surface area contributed by atoms with Gasteiger partial charge in [0.25, 0.3) is 5.91 Å². The molecule has 1 saturated carbocycles. The summed E-state index contributed by atoms with van der Waals surface area (Å²) in [5.41, 5.74) is 6.13. The fourth-order valence-corrected chi connectivity index (χ4v) is 4.96. The molecule has 1 fully saturated rings. The molecule has 0 atom stereocenters. The number of aryl methyl sites for hydroxylation is 1. The summed E-state index contributed by atoms with van der Waals surface area (Å²) in [6, 6.07) is 9.92. The molecule has 0 bridgehead atoms. The number of anilines is 1. The summed E-state index contributed by atoms with van der Waals surface area (Å²) in [6.07, 6.45) is 7.26. The maximum absolute atomic E-state index is 13.6. The van der Waals surface area contributed by atoms with Crippen LogP contribution in [-0.2, 0) is 24.5 Å². The Labute approximate surface area is 205 Å². The molecule has 3 aromatic heterocycles. The van der Waals surface area contributed by atoms with E-state index in [4.69, 9.17) is 9.72 Å². The monoisotopic (exact) mass is 515 g/mol. The van der Waals surface area contributed by atoms with Crippen LogP contribution in [0.25, 0.3) is 10.9 Å². The first-order valence-electron chi connectivity index (χ1n) is 11.3. The molecule has 1 aromatic carbocycles. The highest BCUT2D eigenvalue weighted by Crippen LogP contribution is 2.38. The zero-order valence-electron chi connectivity index (χ0n) is 18.7. The molecule has 7 nitrogen and oxygen atoms in total. The van der Waals surface area contributed by atoms with Gasteiger partial charge in [0.05, 0.1) is 42.2 Å². The zero-order chi connectivity index (χ0) is 23.2. The first-order chi connectivity index (χ1) is 16.6. The van der Waals surface area contributed by atoms with Crippen LogP contribution < -0.4 is 4.90 Å². The number of rotatable bonds is 5. The van der Waals surface area contributed by atoms with Gasteiger partial charge < -0.3 is 9.64 Å². The summed E-state index contributed by atoms with van der Waals surface area (Å²) in [4.78, 5) is 33.4. The van der Waals surface area contributed by atoms with Gasteiger partial charge in [-0.2, -0.15) is 0 Å². The van der Waals surface area contributed by atoms with Gasteiger partial charge in [-0.05, 0) is 65.0 Å². The first kappa shape index (κ1) is 21.3. The van der Waals surface area contributed by atoms with Crippen molar-refractivity contribution < 1.29 is 9.53 Å². The number of benzene rings is 1. The Bertz CT molecular complexity index is 1420. The molecule has 0 unspecified atom stereocenters. The molecule has 1 aliphatic heterocycles. The SMILES string of the molecule is Cc1ncccc1N(Cc1ccc2c3c(c(Br)nc2c1)COC3)C(=O)c1cnc(C2CC2)nc1. The van der Waals surface area contributed by atoms with E-state index in [1.165, 1.54) is 5.56 Å². The lowest BCUT2D eigenvalue weighted by molar-refractivity contribution is 0.0984. The number of amides is 1. The summed E-state index contributed by atoms with van der Waals surface area (Å²) < 4.78 is 6.45. The lowest BCUT2D eigenvalue weighted by atomic mass is 10.0. The number of carbonyl (C=O) groups excluding carboxylic acids is 1. The third-order valence-corrected chi connectivity index (χ3v) is 7.08. The summed E-state index contributed by atoms with van der Waals surface area (Å²) in [7, 11) is 0. The highest BCUT2D eigenvalue weighted by Gasteiger charge is 2.27. The molecular weight excluding hydrogens is 494 g/mol. The Morgan fingerprint density at radius 2 is 1.91 bits per heavy atom. The predicted molar refractivity (Wildman–Crippen MR) is 131 cm³/mol. The van der Waals surface area contributed by atoms with Crippen molar-refractivity contribution in [3.63, 3.8) is 0 Å². The highest BCUT2D eigenvalue weighted by molar-refractivity contribution is 9.10. The van der Waals surface area contributed by atoms with E-state index in [0.29, 0.717) is 31.2 Å². The van der Waals surface area contributed by atoms with E-state index >= 15 is 0 Å². The van der Waals surface area contributed by atoms with Gasteiger partial charge in [-0.3, -0.25) is 9.78 Å². The molecule has 1 aliphatic carbocycles. The van der Waals surface area contributed by atoms with Crippen LogP contribution in [0.2, 0.25) is 0 Å². The average Bonchev–Trinajstić information content (AvgIpc) is 3.58. The van der Waals surface area contributed by atoms with Crippen molar-refractivity contribution in [2.75, 3.05) is 4.90 Å². The predicted octanol–water partition coefficient (Wildman–Crippen LogP) is 5.25. The molecular formula is C26H22BrN5O2. The van der Waals surface area contributed by atoms with Crippen molar-refractivity contribution in [3.8, 4) is 0 Å². The van der Waals surface area contributed by atoms with Crippen molar-refractivity contribution in [2.45, 2.75) is 45.4 Å². The molecule has 2 aliphatic rings. The average molecular weight is 516 g/mol. The Kier molecular flexibility index (Phi) is 5.34. The van der Waals surface area contributed by atoms with Gasteiger partial charge in [0.15, 0.2) is 0 Å². The normalized spacial score (nSPS) is 14.9. The number of hydrogen-bond donors (Lipinski definition) is 0. The molecule has 34 heavy (non-hydrogen) atoms. The molecule has 170 valence electrons. The standard InChI is InChI=1S/C26H22BrN5O2/c1-15-23(3-2-8-28-15)32(26(33)18-10-29-25(30-11-18)17-5-6-17)12-16-4-7-19-20-13-34-14-21(20)24(27)31-22(19)9-16/h2-4,7-11,17H,5-6,12-14H2,1H3. The Hall–Kier alpha value is -3.23. The molecule has 4 heterocycles. The number of halogens is 1. The van der Waals surface area contributed by atoms with Gasteiger partial charge in [-0.1, -0.05) is 12.1 Å². The van der Waals surface area contributed by atoms with Crippen LogP contribution in [-0.4, -0.2) is 25.8 Å². The van der Waals surface area contributed by atoms with Crippen LogP contribution in [0.4, 0.5) is 5.69 Å². The maximum Gasteiger partial charge on any atom is 0.261 e. The van der Waals surface area contributed by atoms with E-state index in [0.717, 1.165) is 56.7 Å². The van der Waals surface area contributed by atoms with Crippen LogP contribution >= 0.6 is 15.9 Å². The number of fused-ring (bicyclic) bond motifs is 3. The molecule has 0 spiro atoms. The number of carbonyl (C=O) groups is 1. The summed E-state index contributed by atoms with van der Waals surface area (Å²) in [5.74, 6) is 1.11. The van der Waals surface area contributed by atoms with E-state index in [2.05, 4.69) is 43.0 Å². The van der Waals surface area contributed by atoms with Crippen LogP contribution in [0.3, 0.4) is 0 Å². The van der Waals surface area contributed by atoms with Gasteiger partial charge in [0.2, 0.25) is 0 Å². The summed E-state index contributed by atoms with van der Waals surface area (Å²) in [6.45, 7) is 3.44. The van der Waals surface area contributed by atoms with Gasteiger partial charge in [0.1, 0.15) is 10.4 Å². The van der Waals surface area contributed by atoms with Crippen LogP contribution in [0.1, 0.15) is 57.3 Å². The molecule has 6 rings (SSSR count). The van der Waals surface area contributed by atoms with Crippen molar-refractivity contribution in [1.29, 1.82) is 0 Å². The van der Waals surface area contributed by atoms with Crippen molar-refractivity contribution in [1.82, 2.24) is 19.9 Å². The van der Waals surface area contributed by atoms with Crippen molar-refractivity contribution in [2.24, 2.45) is 0 Å². The molecule has 4 aromatic rings. The Morgan fingerprint density at radius 3 is 2.68 bits per heavy atom. The molecule has 0 radical (unpaired) electrons. The largest absolute Gasteiger partial charge is 0.372 e. The van der Waals surface area contributed by atoms with Gasteiger partial charge in [0, 0.05) is 35.5 Å². The second-order valence-corrected chi connectivity index (χ2v) is 9.56. The van der Waals surface area contributed by atoms with Crippen LogP contribution in [0.5, 0.6) is 0 Å². The first-order valence-corrected chi connectivity index (χ1v) is 12.1. The number of aromatic nitrogens is 4. The Balaban J connectivity index is 1.37. The summed E-state index contributed by atoms with van der Waals surface area (Å²) >= 11 is 3.59. The van der Waals surface area contributed by atoms with Gasteiger partial charge >= 0.3 is 0 Å². The lowest BCUT2D eigenvalue weighted by Crippen LogP contribution is -2.31. The maximum atomic E-state index is 13.6. The second-order valence-electron chi connectivity index (χ2n) is 8.81. The summed E-state index contributed by atoms with van der Waals surface area (Å²) in [5, 5.41) is 1.08. The van der Waals surface area contributed by atoms with Crippen molar-refractivity contribution >= 4 is 38.4 Å². The topological polar surface area (TPSA) is 81.1 Å². The fraction of sp³-hybridized carbons (Fsp3) is 0.269. The van der Waals surface area contributed by atoms with Gasteiger partial charge in [-0.15, -0.1) is 0 Å². The van der Waals surface area contributed by atoms with E-state index < -0.39 is 0 Å². The third-order valence-electron chi connectivity index (χ3n) is 6.43. The molecule has 1 amide bonds. The fourth-order valence-electron chi connectivity index (χ4n) is 4.42. The minimum Gasteiger partial charge on any atom is -0.372 e. The van der Waals surface area contributed by atoms with Crippen LogP contribution in [0.15, 0.2) is 53.5 Å². The van der Waals surface area contributed by atoms with E-state index in [1.54, 1.807) is 23.5 Å². The minimum absolute atomic E-state index is 0.157. The lowest BCUT2D eigenvalue weighted by Gasteiger charge is -2.24. The molecule has 0 N–H and O–H groups in total. The van der Waals surface area contributed by atoms with Crippen molar-refractivity contribution in [3.05, 3.63) is 87.3 Å². The zero-order valence-corrected chi connectivity index (χ0v) is 20.2. The van der Waals surface area contributed by atoms with Gasteiger partial charge in [-0.25, -0.2) is 15.0 Å². The molecule has 0 saturated heterocycles. The number of hydrogen-bond acceptors (Lipinski definition) is 6. The molecule has 8 heteroatoms. The highest BCUT2D eigenvalue weighted by atomic mass is 79.9. The number of nitrogens with zero attached hydrogens (tertiary/aromatic N) is 5. The smallest absolute Gasteiger partial charge is 0.261 e. The van der Waals surface area contributed by atoms with E-state index in [1.807, 2.05) is 25.1 Å². The Morgan fingerprint density at radius 1 is 1.12 bits per heavy atom. The van der Waals surface area contributed by atoms with E-state index in [-0.39, 0.29) is 5.91 Å². The van der Waals surface area contributed by atoms with E-state index in [9.17, 15) is 4.79 Å². The number of ether oxygens (including phenoxy) is 1. The number of pyridine rings is 2.